The quantitative estimate of drug-likeness (QED) is 0.914. The molecule has 6 nitrogen and oxygen atoms in total. The van der Waals surface area contributed by atoms with E-state index in [4.69, 9.17) is 4.52 Å². The largest absolute Gasteiger partial charge is 0.361 e. The topological polar surface area (TPSA) is 73.0 Å². The molecule has 3 rings (SSSR count). The summed E-state index contributed by atoms with van der Waals surface area (Å²) < 4.78 is 7.22. The first-order valence-electron chi connectivity index (χ1n) is 7.31. The Balaban J connectivity index is 1.62. The molecule has 0 unspecified atom stereocenters. The lowest BCUT2D eigenvalue weighted by atomic mass is 10.2. The third-order valence-electron chi connectivity index (χ3n) is 3.91. The second kappa shape index (κ2) is 5.35. The number of nitrogens with one attached hydrogen (secondary N) is 1. The van der Waals surface area contributed by atoms with Crippen LogP contribution in [0.3, 0.4) is 0 Å². The molecule has 0 aromatic carbocycles. The Bertz CT molecular complexity index is 648. The summed E-state index contributed by atoms with van der Waals surface area (Å²) in [5, 5.41) is 6.74. The smallest absolute Gasteiger partial charge is 0.256 e. The van der Waals surface area contributed by atoms with Gasteiger partial charge in [0.15, 0.2) is 0 Å². The van der Waals surface area contributed by atoms with Crippen LogP contribution in [0.25, 0.3) is 0 Å². The van der Waals surface area contributed by atoms with Gasteiger partial charge in [-0.25, -0.2) is 4.98 Å². The summed E-state index contributed by atoms with van der Waals surface area (Å²) in [6.45, 7) is 6.89. The van der Waals surface area contributed by atoms with E-state index in [2.05, 4.69) is 26.9 Å². The van der Waals surface area contributed by atoms with E-state index in [0.29, 0.717) is 29.5 Å². The Morgan fingerprint density at radius 3 is 2.81 bits per heavy atom. The fraction of sp³-hybridized carbons (Fsp3) is 0.533. The number of aromatic nitrogens is 3. The summed E-state index contributed by atoms with van der Waals surface area (Å²) in [6, 6.07) is 0. The van der Waals surface area contributed by atoms with Gasteiger partial charge < -0.3 is 14.4 Å². The van der Waals surface area contributed by atoms with Gasteiger partial charge in [-0.1, -0.05) is 5.16 Å². The lowest BCUT2D eigenvalue weighted by molar-refractivity contribution is 0.0950. The van der Waals surface area contributed by atoms with E-state index in [9.17, 15) is 4.79 Å². The van der Waals surface area contributed by atoms with Gasteiger partial charge in [0.1, 0.15) is 17.1 Å². The summed E-state index contributed by atoms with van der Waals surface area (Å²) >= 11 is 0. The number of hydrogen-bond donors (Lipinski definition) is 1. The van der Waals surface area contributed by atoms with Crippen molar-refractivity contribution in [2.45, 2.75) is 46.1 Å². The van der Waals surface area contributed by atoms with Crippen LogP contribution in [0.2, 0.25) is 0 Å². The molecular weight excluding hydrogens is 268 g/mol. The Hall–Kier alpha value is -2.11. The SMILES string of the molecule is Cc1noc(C)c1C(=O)NCCn1c(C)cnc1C1CC1. The van der Waals surface area contributed by atoms with Crippen molar-refractivity contribution in [1.82, 2.24) is 20.0 Å². The molecule has 2 aromatic rings. The van der Waals surface area contributed by atoms with Crippen LogP contribution in [0.1, 0.15) is 52.1 Å². The van der Waals surface area contributed by atoms with Crippen molar-refractivity contribution in [2.75, 3.05) is 6.54 Å². The standard InChI is InChI=1S/C15H20N4O2/c1-9-8-17-14(12-4-5-12)19(9)7-6-16-15(20)13-10(2)18-21-11(13)3/h8,12H,4-7H2,1-3H3,(H,16,20). The van der Waals surface area contributed by atoms with E-state index < -0.39 is 0 Å². The Labute approximate surface area is 123 Å². The lowest BCUT2D eigenvalue weighted by Gasteiger charge is -2.10. The second-order valence-corrected chi connectivity index (χ2v) is 5.64. The highest BCUT2D eigenvalue weighted by molar-refractivity contribution is 5.96. The first kappa shape index (κ1) is 13.9. The van der Waals surface area contributed by atoms with Gasteiger partial charge in [0.25, 0.3) is 5.91 Å². The van der Waals surface area contributed by atoms with Crippen LogP contribution in [-0.4, -0.2) is 27.2 Å². The number of hydrogen-bond acceptors (Lipinski definition) is 4. The summed E-state index contributed by atoms with van der Waals surface area (Å²) in [6.07, 6.45) is 4.35. The minimum absolute atomic E-state index is 0.128. The number of carbonyl (C=O) groups is 1. The fourth-order valence-corrected chi connectivity index (χ4v) is 2.61. The molecule has 0 saturated heterocycles. The van der Waals surface area contributed by atoms with Crippen LogP contribution >= 0.6 is 0 Å². The van der Waals surface area contributed by atoms with Crippen molar-refractivity contribution in [1.29, 1.82) is 0 Å². The molecule has 1 aliphatic carbocycles. The van der Waals surface area contributed by atoms with Crippen molar-refractivity contribution in [3.63, 3.8) is 0 Å². The minimum Gasteiger partial charge on any atom is -0.361 e. The zero-order chi connectivity index (χ0) is 15.0. The number of aryl methyl sites for hydroxylation is 3. The predicted molar refractivity (Wildman–Crippen MR) is 77.2 cm³/mol. The summed E-state index contributed by atoms with van der Waals surface area (Å²) in [7, 11) is 0. The van der Waals surface area contributed by atoms with Crippen molar-refractivity contribution in [3.05, 3.63) is 34.7 Å². The Kier molecular flexibility index (Phi) is 3.53. The Morgan fingerprint density at radius 2 is 2.19 bits per heavy atom. The zero-order valence-electron chi connectivity index (χ0n) is 12.6. The van der Waals surface area contributed by atoms with E-state index in [1.807, 2.05) is 6.20 Å². The van der Waals surface area contributed by atoms with Gasteiger partial charge in [-0.15, -0.1) is 0 Å². The van der Waals surface area contributed by atoms with E-state index in [-0.39, 0.29) is 5.91 Å². The minimum atomic E-state index is -0.128. The van der Waals surface area contributed by atoms with Gasteiger partial charge in [-0.05, 0) is 33.6 Å². The predicted octanol–water partition coefficient (Wildman–Crippen LogP) is 2.10. The van der Waals surface area contributed by atoms with Gasteiger partial charge in [-0.2, -0.15) is 0 Å². The molecule has 112 valence electrons. The maximum atomic E-state index is 12.2. The molecule has 1 N–H and O–H groups in total. The van der Waals surface area contributed by atoms with Crippen LogP contribution in [-0.2, 0) is 6.54 Å². The molecule has 0 atom stereocenters. The number of amides is 1. The summed E-state index contributed by atoms with van der Waals surface area (Å²) in [5.41, 5.74) is 2.31. The van der Waals surface area contributed by atoms with Gasteiger partial charge in [-0.3, -0.25) is 4.79 Å². The van der Waals surface area contributed by atoms with E-state index >= 15 is 0 Å². The molecule has 1 fully saturated rings. The third-order valence-corrected chi connectivity index (χ3v) is 3.91. The summed E-state index contributed by atoms with van der Waals surface area (Å²) in [4.78, 5) is 16.6. The molecule has 6 heteroatoms. The monoisotopic (exact) mass is 288 g/mol. The highest BCUT2D eigenvalue weighted by Crippen LogP contribution is 2.39. The normalized spacial score (nSPS) is 14.4. The van der Waals surface area contributed by atoms with E-state index in [1.165, 1.54) is 12.8 Å². The molecule has 1 saturated carbocycles. The number of nitrogens with zero attached hydrogens (tertiary/aromatic N) is 3. The van der Waals surface area contributed by atoms with Crippen molar-refractivity contribution in [3.8, 4) is 0 Å². The fourth-order valence-electron chi connectivity index (χ4n) is 2.61. The average Bonchev–Trinajstić information content (AvgIpc) is 3.15. The molecule has 1 aliphatic rings. The Morgan fingerprint density at radius 1 is 1.43 bits per heavy atom. The highest BCUT2D eigenvalue weighted by atomic mass is 16.5. The van der Waals surface area contributed by atoms with Crippen molar-refractivity contribution >= 4 is 5.91 Å². The molecular formula is C15H20N4O2. The van der Waals surface area contributed by atoms with Crippen LogP contribution in [0.4, 0.5) is 0 Å². The molecule has 0 aliphatic heterocycles. The highest BCUT2D eigenvalue weighted by Gasteiger charge is 2.28. The second-order valence-electron chi connectivity index (χ2n) is 5.64. The van der Waals surface area contributed by atoms with Gasteiger partial charge >= 0.3 is 0 Å². The lowest BCUT2D eigenvalue weighted by Crippen LogP contribution is -2.28. The van der Waals surface area contributed by atoms with Crippen molar-refractivity contribution < 1.29 is 9.32 Å². The van der Waals surface area contributed by atoms with Crippen molar-refractivity contribution in [2.24, 2.45) is 0 Å². The van der Waals surface area contributed by atoms with E-state index in [0.717, 1.165) is 18.1 Å². The molecule has 0 spiro atoms. The first-order valence-corrected chi connectivity index (χ1v) is 7.31. The molecule has 21 heavy (non-hydrogen) atoms. The number of carbonyl (C=O) groups excluding carboxylic acids is 1. The maximum Gasteiger partial charge on any atom is 0.256 e. The molecule has 2 heterocycles. The van der Waals surface area contributed by atoms with Gasteiger partial charge in [0.2, 0.25) is 0 Å². The third kappa shape index (κ3) is 2.70. The van der Waals surface area contributed by atoms with Gasteiger partial charge in [0, 0.05) is 30.9 Å². The first-order chi connectivity index (χ1) is 10.1. The molecule has 1 amide bonds. The van der Waals surface area contributed by atoms with E-state index in [1.54, 1.807) is 13.8 Å². The number of rotatable bonds is 5. The molecule has 0 radical (unpaired) electrons. The maximum absolute atomic E-state index is 12.2. The average molecular weight is 288 g/mol. The van der Waals surface area contributed by atoms with Crippen LogP contribution in [0, 0.1) is 20.8 Å². The zero-order valence-corrected chi connectivity index (χ0v) is 12.6. The van der Waals surface area contributed by atoms with Crippen LogP contribution < -0.4 is 5.32 Å². The number of imidazole rings is 1. The summed E-state index contributed by atoms with van der Waals surface area (Å²) in [5.74, 6) is 2.19. The van der Waals surface area contributed by atoms with Crippen LogP contribution in [0.5, 0.6) is 0 Å². The van der Waals surface area contributed by atoms with Gasteiger partial charge in [0.05, 0.1) is 5.69 Å². The van der Waals surface area contributed by atoms with Crippen LogP contribution in [0.15, 0.2) is 10.7 Å². The molecule has 0 bridgehead atoms. The molecule has 2 aromatic heterocycles.